The van der Waals surface area contributed by atoms with Crippen LogP contribution in [0.25, 0.3) is 0 Å². The summed E-state index contributed by atoms with van der Waals surface area (Å²) >= 11 is 0. The van der Waals surface area contributed by atoms with E-state index in [2.05, 4.69) is 32.9 Å². The fourth-order valence-electron chi connectivity index (χ4n) is 11.7. The molecule has 5 aliphatic rings. The number of rotatable bonds is 18. The molecule has 4 saturated carbocycles. The molecule has 4 aliphatic carbocycles. The lowest BCUT2D eigenvalue weighted by Crippen LogP contribution is -2.49. The molecule has 10 nitrogen and oxygen atoms in total. The summed E-state index contributed by atoms with van der Waals surface area (Å²) in [4.78, 5) is 55.6. The molecule has 1 saturated heterocycles. The highest BCUT2D eigenvalue weighted by Crippen LogP contribution is 2.68. The van der Waals surface area contributed by atoms with Gasteiger partial charge in [0.15, 0.2) is 0 Å². The zero-order chi connectivity index (χ0) is 43.2. The number of hydrogen-bond acceptors (Lipinski definition) is 9. The van der Waals surface area contributed by atoms with E-state index in [9.17, 15) is 19.5 Å². The predicted molar refractivity (Wildman–Crippen MR) is 224 cm³/mol. The van der Waals surface area contributed by atoms with Crippen LogP contribution in [0.2, 0.25) is 0 Å². The van der Waals surface area contributed by atoms with Gasteiger partial charge in [0, 0.05) is 0 Å². The first-order valence-electron chi connectivity index (χ1n) is 21.7. The van der Waals surface area contributed by atoms with E-state index in [0.717, 1.165) is 43.2 Å². The Morgan fingerprint density at radius 3 is 2.05 bits per heavy atom. The molecule has 0 aromatic heterocycles. The highest BCUT2D eigenvalue weighted by molar-refractivity contribution is 5.83. The zero-order valence-corrected chi connectivity index (χ0v) is 37.1. The van der Waals surface area contributed by atoms with Crippen LogP contribution < -0.4 is 4.74 Å². The maximum absolute atomic E-state index is 15.3. The molecule has 59 heavy (non-hydrogen) atoms. The third-order valence-corrected chi connectivity index (χ3v) is 14.2. The Labute approximate surface area is 351 Å². The second-order valence-electron chi connectivity index (χ2n) is 21.4. The van der Waals surface area contributed by atoms with E-state index in [1.54, 1.807) is 58.9 Å². The number of aliphatic carboxylic acids is 1. The van der Waals surface area contributed by atoms with Crippen molar-refractivity contribution in [2.24, 2.45) is 33.5 Å². The van der Waals surface area contributed by atoms with E-state index in [-0.39, 0.29) is 49.3 Å². The second kappa shape index (κ2) is 16.2. The van der Waals surface area contributed by atoms with Gasteiger partial charge in [0.1, 0.15) is 29.7 Å². The van der Waals surface area contributed by atoms with E-state index in [0.29, 0.717) is 30.6 Å². The second-order valence-corrected chi connectivity index (χ2v) is 21.4. The average molecular weight is 817 g/mol. The smallest absolute Gasteiger partial charge is 0.481 e. The number of carbonyl (C=O) groups excluding carboxylic acids is 3. The molecule has 1 aliphatic heterocycles. The molecule has 5 fully saturated rings. The van der Waals surface area contributed by atoms with Crippen molar-refractivity contribution in [1.82, 2.24) is 0 Å². The molecule has 0 amide bonds. The largest absolute Gasteiger partial charge is 0.514 e. The summed E-state index contributed by atoms with van der Waals surface area (Å²) in [7, 11) is 0. The SMILES string of the molecule is CCC(C)(CC(C)(CC(C)(CC(C)(CC(C)c1ccc(OC(=O)OC(C)(C)C)cc1)C(=O)O)C(=O)OCC1CO1)C(=O)OC12CC3CC1CC(C)(C3)C2)c1ccccc1. The third-order valence-electron chi connectivity index (χ3n) is 14.2. The predicted octanol–water partition coefficient (Wildman–Crippen LogP) is 10.6. The van der Waals surface area contributed by atoms with Crippen LogP contribution in [-0.4, -0.2) is 59.7 Å². The summed E-state index contributed by atoms with van der Waals surface area (Å²) in [6.07, 6.45) is 5.33. The molecule has 324 valence electrons. The van der Waals surface area contributed by atoms with Crippen molar-refractivity contribution in [3.63, 3.8) is 0 Å². The van der Waals surface area contributed by atoms with Crippen molar-refractivity contribution < 1.29 is 48.0 Å². The van der Waals surface area contributed by atoms with Crippen molar-refractivity contribution in [1.29, 1.82) is 0 Å². The molecule has 10 heteroatoms. The molecule has 10 unspecified atom stereocenters. The normalized spacial score (nSPS) is 28.9. The molecule has 1 N–H and O–H groups in total. The van der Waals surface area contributed by atoms with Crippen LogP contribution in [-0.2, 0) is 38.7 Å². The lowest BCUT2D eigenvalue weighted by atomic mass is 9.59. The van der Waals surface area contributed by atoms with Crippen molar-refractivity contribution >= 4 is 24.1 Å². The zero-order valence-electron chi connectivity index (χ0n) is 37.1. The first kappa shape index (κ1) is 44.6. The first-order valence-corrected chi connectivity index (χ1v) is 21.7. The van der Waals surface area contributed by atoms with E-state index < -0.39 is 51.0 Å². The van der Waals surface area contributed by atoms with Gasteiger partial charge in [-0.1, -0.05) is 70.2 Å². The Kier molecular flexibility index (Phi) is 12.2. The van der Waals surface area contributed by atoms with Crippen LogP contribution in [0.3, 0.4) is 0 Å². The Bertz CT molecular complexity index is 1870. The monoisotopic (exact) mass is 816 g/mol. The van der Waals surface area contributed by atoms with Gasteiger partial charge < -0.3 is 28.8 Å². The number of carboxylic acid groups (broad SMARTS) is 1. The van der Waals surface area contributed by atoms with Gasteiger partial charge in [0.05, 0.1) is 22.9 Å². The minimum Gasteiger partial charge on any atom is -0.481 e. The summed E-state index contributed by atoms with van der Waals surface area (Å²) in [5.74, 6) is -0.979. The standard InChI is InChI=1S/C49H68O10/c1-11-45(7,35-15-13-12-14-16-35)29-48(10,41(53)58-49-24-33-21-36(49)25-44(6,23-33)28-49)31-47(9,40(52)56-27-38-26-55-38)30-46(8,39(50)51)22-32(2)34-17-19-37(20-18-34)57-42(54)59-43(3,4)5/h12-20,32-33,36,38H,11,21-31H2,1-10H3,(H,50,51). The molecular weight excluding hydrogens is 749 g/mol. The summed E-state index contributed by atoms with van der Waals surface area (Å²) in [5.41, 5.74) is -3.57. The summed E-state index contributed by atoms with van der Waals surface area (Å²) in [5, 5.41) is 11.0. The highest BCUT2D eigenvalue weighted by Gasteiger charge is 2.65. The third kappa shape index (κ3) is 10.0. The van der Waals surface area contributed by atoms with Gasteiger partial charge in [-0.25, -0.2) is 4.79 Å². The Morgan fingerprint density at radius 2 is 1.47 bits per heavy atom. The fraction of sp³-hybridized carbons (Fsp3) is 0.673. The quantitative estimate of drug-likeness (QED) is 0.0669. The number of hydrogen-bond donors (Lipinski definition) is 1. The number of epoxide rings is 1. The van der Waals surface area contributed by atoms with Gasteiger partial charge in [0.2, 0.25) is 0 Å². The molecule has 4 bridgehead atoms. The molecule has 0 radical (unpaired) electrons. The molecule has 2 aromatic rings. The summed E-state index contributed by atoms with van der Waals surface area (Å²) in [6, 6.07) is 17.1. The lowest BCUT2D eigenvalue weighted by Gasteiger charge is -2.46. The van der Waals surface area contributed by atoms with E-state index in [1.807, 2.05) is 32.0 Å². The number of esters is 2. The maximum Gasteiger partial charge on any atom is 0.514 e. The number of carbonyl (C=O) groups is 4. The highest BCUT2D eigenvalue weighted by atomic mass is 16.7. The lowest BCUT2D eigenvalue weighted by molar-refractivity contribution is -0.182. The van der Waals surface area contributed by atoms with Crippen molar-refractivity contribution in [3.8, 4) is 5.75 Å². The summed E-state index contributed by atoms with van der Waals surface area (Å²) < 4.78 is 28.9. The van der Waals surface area contributed by atoms with Gasteiger partial charge in [-0.3, -0.25) is 14.4 Å². The molecular formula is C49H68O10. The van der Waals surface area contributed by atoms with E-state index >= 15 is 4.79 Å². The van der Waals surface area contributed by atoms with Crippen LogP contribution in [0.1, 0.15) is 150 Å². The van der Waals surface area contributed by atoms with E-state index in [4.69, 9.17) is 23.7 Å². The number of carboxylic acids is 1. The van der Waals surface area contributed by atoms with Crippen LogP contribution in [0.5, 0.6) is 5.75 Å². The average Bonchev–Trinajstić information content (AvgIpc) is 3.90. The van der Waals surface area contributed by atoms with E-state index in [1.165, 1.54) is 6.42 Å². The van der Waals surface area contributed by atoms with Gasteiger partial charge in [-0.15, -0.1) is 0 Å². The topological polar surface area (TPSA) is 138 Å². The van der Waals surface area contributed by atoms with Crippen LogP contribution in [0.15, 0.2) is 54.6 Å². The molecule has 0 spiro atoms. The molecule has 2 aromatic carbocycles. The Hall–Kier alpha value is -3.92. The summed E-state index contributed by atoms with van der Waals surface area (Å²) in [6.45, 7) is 19.8. The van der Waals surface area contributed by atoms with Gasteiger partial charge in [-0.2, -0.15) is 0 Å². The van der Waals surface area contributed by atoms with Crippen LogP contribution in [0, 0.1) is 33.5 Å². The minimum atomic E-state index is -1.41. The molecule has 10 atom stereocenters. The van der Waals surface area contributed by atoms with Gasteiger partial charge >= 0.3 is 24.1 Å². The van der Waals surface area contributed by atoms with Crippen molar-refractivity contribution in [3.05, 3.63) is 65.7 Å². The maximum atomic E-state index is 15.3. The van der Waals surface area contributed by atoms with Gasteiger partial charge in [0.25, 0.3) is 0 Å². The van der Waals surface area contributed by atoms with Crippen LogP contribution in [0.4, 0.5) is 4.79 Å². The van der Waals surface area contributed by atoms with Crippen molar-refractivity contribution in [2.45, 2.75) is 162 Å². The minimum absolute atomic E-state index is 0.0427. The van der Waals surface area contributed by atoms with Crippen LogP contribution >= 0.6 is 0 Å². The van der Waals surface area contributed by atoms with Gasteiger partial charge in [-0.05, 0) is 158 Å². The Balaban J connectivity index is 1.31. The van der Waals surface area contributed by atoms with Crippen molar-refractivity contribution in [2.75, 3.05) is 13.2 Å². The molecule has 1 heterocycles. The Morgan fingerprint density at radius 1 is 0.847 bits per heavy atom. The first-order chi connectivity index (χ1) is 27.4. The fourth-order valence-corrected chi connectivity index (χ4v) is 11.7. The molecule has 7 rings (SSSR count). The number of benzene rings is 2. The number of ether oxygens (including phenoxy) is 5.